The zero-order chi connectivity index (χ0) is 19.6. The van der Waals surface area contributed by atoms with E-state index in [1.165, 1.54) is 11.8 Å². The molecule has 1 aromatic rings. The molecular formula is C20H27NO4S2. The Morgan fingerprint density at radius 1 is 1.15 bits per heavy atom. The van der Waals surface area contributed by atoms with Crippen molar-refractivity contribution < 1.29 is 19.1 Å². The third-order valence-electron chi connectivity index (χ3n) is 4.43. The number of hydrogen-bond acceptors (Lipinski definition) is 5. The van der Waals surface area contributed by atoms with Gasteiger partial charge in [-0.1, -0.05) is 62.5 Å². The molecule has 7 heteroatoms. The van der Waals surface area contributed by atoms with E-state index in [4.69, 9.17) is 21.7 Å². The second-order valence-electron chi connectivity index (χ2n) is 6.75. The highest BCUT2D eigenvalue weighted by atomic mass is 32.2. The molecule has 1 amide bonds. The molecule has 0 bridgehead atoms. The topological polar surface area (TPSA) is 70.8 Å². The summed E-state index contributed by atoms with van der Waals surface area (Å²) >= 11 is 6.68. The molecule has 27 heavy (non-hydrogen) atoms. The van der Waals surface area contributed by atoms with Crippen molar-refractivity contribution in [2.75, 3.05) is 6.54 Å². The minimum Gasteiger partial charge on any atom is -0.481 e. The van der Waals surface area contributed by atoms with E-state index in [9.17, 15) is 9.59 Å². The van der Waals surface area contributed by atoms with Gasteiger partial charge in [-0.15, -0.1) is 0 Å². The van der Waals surface area contributed by atoms with E-state index in [-0.39, 0.29) is 12.3 Å². The van der Waals surface area contributed by atoms with Gasteiger partial charge in [-0.05, 0) is 31.9 Å². The first kappa shape index (κ1) is 21.7. The average molecular weight is 410 g/mol. The fraction of sp³-hybridized carbons (Fsp3) is 0.550. The zero-order valence-electron chi connectivity index (χ0n) is 15.7. The van der Waals surface area contributed by atoms with E-state index in [2.05, 4.69) is 0 Å². The smallest absolute Gasteiger partial charge is 0.303 e. The molecular weight excluding hydrogens is 382 g/mol. The van der Waals surface area contributed by atoms with Crippen molar-refractivity contribution in [3.8, 4) is 0 Å². The summed E-state index contributed by atoms with van der Waals surface area (Å²) in [6, 6.07) is 3.72. The van der Waals surface area contributed by atoms with Gasteiger partial charge < -0.3 is 9.52 Å². The Morgan fingerprint density at radius 2 is 1.78 bits per heavy atom. The number of unbranched alkanes of at least 4 members (excludes halogenated alkanes) is 7. The number of carboxylic acid groups (broad SMARTS) is 1. The lowest BCUT2D eigenvalue weighted by atomic mass is 10.1. The first-order valence-electron chi connectivity index (χ1n) is 9.51. The summed E-state index contributed by atoms with van der Waals surface area (Å²) in [7, 11) is 0. The van der Waals surface area contributed by atoms with Gasteiger partial charge in [0.15, 0.2) is 0 Å². The monoisotopic (exact) mass is 409 g/mol. The summed E-state index contributed by atoms with van der Waals surface area (Å²) in [6.45, 7) is 2.54. The average Bonchev–Trinajstić information content (AvgIpc) is 3.13. The summed E-state index contributed by atoms with van der Waals surface area (Å²) in [5.74, 6) is 0.757. The maximum absolute atomic E-state index is 12.5. The molecule has 5 nitrogen and oxygen atoms in total. The maximum Gasteiger partial charge on any atom is 0.303 e. The van der Waals surface area contributed by atoms with Crippen LogP contribution in [0.4, 0.5) is 0 Å². The summed E-state index contributed by atoms with van der Waals surface area (Å²) in [5, 5.41) is 8.58. The van der Waals surface area contributed by atoms with Crippen LogP contribution in [0.25, 0.3) is 6.08 Å². The molecule has 0 aliphatic carbocycles. The minimum atomic E-state index is -0.709. The molecule has 0 saturated carbocycles. The van der Waals surface area contributed by atoms with Crippen LogP contribution in [0.3, 0.4) is 0 Å². The van der Waals surface area contributed by atoms with Crippen LogP contribution in [-0.4, -0.2) is 32.7 Å². The highest BCUT2D eigenvalue weighted by Crippen LogP contribution is 2.33. The van der Waals surface area contributed by atoms with Gasteiger partial charge in [-0.2, -0.15) is 0 Å². The Kier molecular flexibility index (Phi) is 9.07. The van der Waals surface area contributed by atoms with Crippen LogP contribution in [-0.2, 0) is 9.59 Å². The van der Waals surface area contributed by atoms with E-state index < -0.39 is 5.97 Å². The first-order valence-corrected chi connectivity index (χ1v) is 10.7. The van der Waals surface area contributed by atoms with Crippen LogP contribution in [0.2, 0.25) is 0 Å². The van der Waals surface area contributed by atoms with Crippen LogP contribution in [0.5, 0.6) is 0 Å². The van der Waals surface area contributed by atoms with E-state index in [0.717, 1.165) is 57.1 Å². The van der Waals surface area contributed by atoms with Gasteiger partial charge in [0.2, 0.25) is 0 Å². The molecule has 0 spiro atoms. The third-order valence-corrected chi connectivity index (χ3v) is 5.81. The second-order valence-corrected chi connectivity index (χ2v) is 8.43. The second kappa shape index (κ2) is 11.3. The fourth-order valence-electron chi connectivity index (χ4n) is 2.96. The van der Waals surface area contributed by atoms with Crippen molar-refractivity contribution in [3.05, 3.63) is 28.6 Å². The van der Waals surface area contributed by atoms with Crippen LogP contribution in [0.1, 0.15) is 69.3 Å². The Hall–Kier alpha value is -1.60. The number of thiocarbonyl (C=S) groups is 1. The lowest BCUT2D eigenvalue weighted by Crippen LogP contribution is -2.29. The third kappa shape index (κ3) is 7.50. The molecule has 2 rings (SSSR count). The highest BCUT2D eigenvalue weighted by Gasteiger charge is 2.31. The SMILES string of the molecule is Cc1ccc(/C=C2\SC(=S)N(CCCCCCCCCCC(=O)O)C2=O)o1. The number of aryl methyl sites for hydroxylation is 1. The van der Waals surface area contributed by atoms with Crippen molar-refractivity contribution in [1.82, 2.24) is 4.90 Å². The summed E-state index contributed by atoms with van der Waals surface area (Å²) in [5.41, 5.74) is 0. The van der Waals surface area contributed by atoms with Crippen molar-refractivity contribution in [2.24, 2.45) is 0 Å². The number of thioether (sulfide) groups is 1. The predicted octanol–water partition coefficient (Wildman–Crippen LogP) is 5.38. The number of nitrogens with zero attached hydrogens (tertiary/aromatic N) is 1. The lowest BCUT2D eigenvalue weighted by Gasteiger charge is -2.14. The number of furan rings is 1. The molecule has 1 saturated heterocycles. The Labute approximate surface area is 170 Å². The molecule has 1 aliphatic rings. The Bertz CT molecular complexity index is 696. The van der Waals surface area contributed by atoms with E-state index in [0.29, 0.717) is 21.5 Å². The summed E-state index contributed by atoms with van der Waals surface area (Å²) in [6.07, 6.45) is 10.3. The van der Waals surface area contributed by atoms with E-state index in [1.807, 2.05) is 19.1 Å². The molecule has 148 valence electrons. The van der Waals surface area contributed by atoms with Crippen molar-refractivity contribution in [1.29, 1.82) is 0 Å². The number of carbonyl (C=O) groups is 2. The number of carbonyl (C=O) groups excluding carboxylic acids is 1. The molecule has 1 N–H and O–H groups in total. The van der Waals surface area contributed by atoms with Crippen LogP contribution < -0.4 is 0 Å². The molecule has 2 heterocycles. The molecule has 1 aliphatic heterocycles. The van der Waals surface area contributed by atoms with Gasteiger partial charge >= 0.3 is 5.97 Å². The van der Waals surface area contributed by atoms with Crippen molar-refractivity contribution in [2.45, 2.75) is 64.7 Å². The minimum absolute atomic E-state index is 0.0301. The number of amides is 1. The van der Waals surface area contributed by atoms with Crippen LogP contribution in [0.15, 0.2) is 21.5 Å². The van der Waals surface area contributed by atoms with E-state index in [1.54, 1.807) is 11.0 Å². The van der Waals surface area contributed by atoms with Gasteiger partial charge in [0, 0.05) is 19.0 Å². The Balaban J connectivity index is 1.61. The van der Waals surface area contributed by atoms with Gasteiger partial charge in [0.1, 0.15) is 15.8 Å². The Morgan fingerprint density at radius 3 is 2.37 bits per heavy atom. The largest absolute Gasteiger partial charge is 0.481 e. The molecule has 0 aromatic carbocycles. The standard InChI is InChI=1S/C20H27NO4S2/c1-15-11-12-16(25-15)14-17-19(24)21(20(26)27-17)13-9-7-5-3-2-4-6-8-10-18(22)23/h11-12,14H,2-10,13H2,1H3,(H,22,23)/b17-14-. The van der Waals surface area contributed by atoms with E-state index >= 15 is 0 Å². The molecule has 0 atom stereocenters. The number of carboxylic acids is 1. The van der Waals surface area contributed by atoms with Crippen molar-refractivity contribution >= 4 is 46.3 Å². The zero-order valence-corrected chi connectivity index (χ0v) is 17.4. The number of aliphatic carboxylic acids is 1. The van der Waals surface area contributed by atoms with Gasteiger partial charge in [-0.3, -0.25) is 14.5 Å². The maximum atomic E-state index is 12.5. The van der Waals surface area contributed by atoms with Gasteiger partial charge in [0.25, 0.3) is 5.91 Å². The number of hydrogen-bond donors (Lipinski definition) is 1. The van der Waals surface area contributed by atoms with Gasteiger partial charge in [0.05, 0.1) is 4.91 Å². The lowest BCUT2D eigenvalue weighted by molar-refractivity contribution is -0.137. The molecule has 0 unspecified atom stereocenters. The van der Waals surface area contributed by atoms with Crippen LogP contribution >= 0.6 is 24.0 Å². The van der Waals surface area contributed by atoms with Crippen molar-refractivity contribution in [3.63, 3.8) is 0 Å². The summed E-state index contributed by atoms with van der Waals surface area (Å²) in [4.78, 5) is 25.2. The summed E-state index contributed by atoms with van der Waals surface area (Å²) < 4.78 is 6.12. The molecule has 0 radical (unpaired) electrons. The first-order chi connectivity index (χ1) is 13.0. The predicted molar refractivity (Wildman–Crippen MR) is 113 cm³/mol. The van der Waals surface area contributed by atoms with Gasteiger partial charge in [-0.25, -0.2) is 0 Å². The normalized spacial score (nSPS) is 15.9. The van der Waals surface area contributed by atoms with Crippen LogP contribution in [0, 0.1) is 6.92 Å². The quantitative estimate of drug-likeness (QED) is 0.284. The highest BCUT2D eigenvalue weighted by molar-refractivity contribution is 8.26. The molecule has 1 aromatic heterocycles. The number of rotatable bonds is 12. The molecule has 1 fully saturated rings. The fourth-order valence-corrected chi connectivity index (χ4v) is 4.25.